The highest BCUT2D eigenvalue weighted by atomic mass is 16.5. The molecule has 0 saturated carbocycles. The number of likely N-dealkylation sites (tertiary alicyclic amines) is 1. The Hall–Kier alpha value is -2.44. The number of carboxylic acids is 1. The molecule has 0 aromatic heterocycles. The average Bonchev–Trinajstić information content (AvgIpc) is 2.61. The van der Waals surface area contributed by atoms with Crippen LogP contribution in [0.3, 0.4) is 0 Å². The second-order valence-electron chi connectivity index (χ2n) is 5.74. The Morgan fingerprint density at radius 3 is 2.92 bits per heavy atom. The van der Waals surface area contributed by atoms with E-state index < -0.39 is 11.9 Å². The maximum atomic E-state index is 12.0. The zero-order valence-electron chi connectivity index (χ0n) is 13.9. The van der Waals surface area contributed by atoms with Crippen molar-refractivity contribution in [2.45, 2.75) is 19.3 Å². The first-order valence-electron chi connectivity index (χ1n) is 8.12. The van der Waals surface area contributed by atoms with Gasteiger partial charge in [0.05, 0.1) is 19.6 Å². The van der Waals surface area contributed by atoms with E-state index in [4.69, 9.17) is 14.6 Å². The maximum absolute atomic E-state index is 12.0. The predicted octanol–water partition coefficient (Wildman–Crippen LogP) is 1.97. The second kappa shape index (κ2) is 9.00. The van der Waals surface area contributed by atoms with Crippen molar-refractivity contribution in [2.75, 3.05) is 33.4 Å². The van der Waals surface area contributed by atoms with Gasteiger partial charge in [0.2, 0.25) is 0 Å². The van der Waals surface area contributed by atoms with Gasteiger partial charge in [0, 0.05) is 25.7 Å². The molecule has 24 heavy (non-hydrogen) atoms. The Balaban J connectivity index is 1.64. The lowest BCUT2D eigenvalue weighted by molar-refractivity contribution is -0.143. The molecule has 0 bridgehead atoms. The number of hydrogen-bond acceptors (Lipinski definition) is 4. The fourth-order valence-electron chi connectivity index (χ4n) is 2.62. The van der Waals surface area contributed by atoms with Crippen LogP contribution >= 0.6 is 0 Å². The number of carbonyl (C=O) groups is 2. The molecule has 2 N–H and O–H groups in total. The summed E-state index contributed by atoms with van der Waals surface area (Å²) in [4.78, 5) is 24.6. The summed E-state index contributed by atoms with van der Waals surface area (Å²) in [6.07, 6.45) is 2.02. The van der Waals surface area contributed by atoms with Crippen molar-refractivity contribution in [2.24, 2.45) is 5.92 Å². The summed E-state index contributed by atoms with van der Waals surface area (Å²) in [6, 6.07) is 7.14. The molecule has 0 aliphatic carbocycles. The Bertz CT molecular complexity index is 564. The molecule has 1 aliphatic rings. The Kier molecular flexibility index (Phi) is 6.72. The number of hydrogen-bond donors (Lipinski definition) is 2. The summed E-state index contributed by atoms with van der Waals surface area (Å²) >= 11 is 0. The van der Waals surface area contributed by atoms with Gasteiger partial charge in [-0.05, 0) is 31.4 Å². The summed E-state index contributed by atoms with van der Waals surface area (Å²) < 4.78 is 10.7. The van der Waals surface area contributed by atoms with Gasteiger partial charge in [0.1, 0.15) is 11.5 Å². The minimum absolute atomic E-state index is 0.206. The third-order valence-electron chi connectivity index (χ3n) is 3.97. The number of methoxy groups -OCH3 is 1. The Labute approximate surface area is 141 Å². The molecule has 2 rings (SSSR count). The van der Waals surface area contributed by atoms with Crippen LogP contribution in [-0.4, -0.2) is 55.4 Å². The van der Waals surface area contributed by atoms with Gasteiger partial charge in [0.25, 0.3) is 0 Å². The van der Waals surface area contributed by atoms with Crippen LogP contribution in [0.2, 0.25) is 0 Å². The quantitative estimate of drug-likeness (QED) is 0.743. The number of aliphatic carboxylic acids is 1. The normalized spacial score (nSPS) is 17.2. The highest BCUT2D eigenvalue weighted by Gasteiger charge is 2.27. The lowest BCUT2D eigenvalue weighted by Gasteiger charge is -2.30. The molecule has 1 aromatic rings. The van der Waals surface area contributed by atoms with E-state index in [1.54, 1.807) is 18.1 Å². The lowest BCUT2D eigenvalue weighted by Crippen LogP contribution is -2.47. The van der Waals surface area contributed by atoms with E-state index in [2.05, 4.69) is 5.32 Å². The summed E-state index contributed by atoms with van der Waals surface area (Å²) in [7, 11) is 1.60. The van der Waals surface area contributed by atoms with Crippen LogP contribution in [0.5, 0.6) is 11.5 Å². The monoisotopic (exact) mass is 336 g/mol. The van der Waals surface area contributed by atoms with Crippen LogP contribution in [0.4, 0.5) is 4.79 Å². The number of carboxylic acid groups (broad SMARTS) is 1. The van der Waals surface area contributed by atoms with E-state index in [9.17, 15) is 9.59 Å². The third-order valence-corrected chi connectivity index (χ3v) is 3.97. The topological polar surface area (TPSA) is 88.1 Å². The standard InChI is InChI=1S/C17H24N2O5/c1-23-14-6-2-7-15(11-14)24-10-4-8-18-17(22)19-9-3-5-13(12-19)16(20)21/h2,6-7,11,13H,3-5,8-10,12H2,1H3,(H,18,22)(H,20,21). The molecular formula is C17H24N2O5. The van der Waals surface area contributed by atoms with Crippen molar-refractivity contribution in [3.8, 4) is 11.5 Å². The fraction of sp³-hybridized carbons (Fsp3) is 0.529. The second-order valence-corrected chi connectivity index (χ2v) is 5.74. The molecule has 7 heteroatoms. The SMILES string of the molecule is COc1cccc(OCCCNC(=O)N2CCCC(C(=O)O)C2)c1. The van der Waals surface area contributed by atoms with Crippen LogP contribution < -0.4 is 14.8 Å². The van der Waals surface area contributed by atoms with Gasteiger partial charge in [0.15, 0.2) is 0 Å². The summed E-state index contributed by atoms with van der Waals surface area (Å²) in [5.41, 5.74) is 0. The molecule has 2 amide bonds. The van der Waals surface area contributed by atoms with Crippen molar-refractivity contribution in [3.63, 3.8) is 0 Å². The van der Waals surface area contributed by atoms with Gasteiger partial charge in [-0.1, -0.05) is 6.07 Å². The summed E-state index contributed by atoms with van der Waals surface area (Å²) in [5.74, 6) is 0.167. The van der Waals surface area contributed by atoms with E-state index in [-0.39, 0.29) is 12.6 Å². The first-order chi connectivity index (χ1) is 11.6. The van der Waals surface area contributed by atoms with Gasteiger partial charge in [-0.25, -0.2) is 4.79 Å². The van der Waals surface area contributed by atoms with Crippen LogP contribution in [0.1, 0.15) is 19.3 Å². The van der Waals surface area contributed by atoms with Crippen LogP contribution in [0.15, 0.2) is 24.3 Å². The molecule has 0 spiro atoms. The summed E-state index contributed by atoms with van der Waals surface area (Å²) in [5, 5.41) is 11.9. The molecule has 7 nitrogen and oxygen atoms in total. The summed E-state index contributed by atoms with van der Waals surface area (Å²) in [6.45, 7) is 1.85. The highest BCUT2D eigenvalue weighted by molar-refractivity contribution is 5.76. The minimum atomic E-state index is -0.834. The van der Waals surface area contributed by atoms with Crippen molar-refractivity contribution in [3.05, 3.63) is 24.3 Å². The number of piperidine rings is 1. The van der Waals surface area contributed by atoms with Crippen LogP contribution in [0, 0.1) is 5.92 Å². The maximum Gasteiger partial charge on any atom is 0.317 e. The molecule has 1 atom stereocenters. The zero-order valence-corrected chi connectivity index (χ0v) is 13.9. The zero-order chi connectivity index (χ0) is 17.4. The van der Waals surface area contributed by atoms with E-state index in [0.717, 1.165) is 17.9 Å². The van der Waals surface area contributed by atoms with Gasteiger partial charge in [-0.3, -0.25) is 4.79 Å². The van der Waals surface area contributed by atoms with E-state index in [1.807, 2.05) is 18.2 Å². The van der Waals surface area contributed by atoms with E-state index in [0.29, 0.717) is 32.5 Å². The molecular weight excluding hydrogens is 312 g/mol. The number of nitrogens with one attached hydrogen (secondary N) is 1. The number of rotatable bonds is 7. The van der Waals surface area contributed by atoms with E-state index >= 15 is 0 Å². The van der Waals surface area contributed by atoms with Gasteiger partial charge in [-0.2, -0.15) is 0 Å². The first kappa shape index (κ1) is 17.9. The molecule has 1 fully saturated rings. The number of carbonyl (C=O) groups excluding carboxylic acids is 1. The van der Waals surface area contributed by atoms with Crippen molar-refractivity contribution in [1.29, 1.82) is 0 Å². The number of ether oxygens (including phenoxy) is 2. The Morgan fingerprint density at radius 1 is 1.38 bits per heavy atom. The average molecular weight is 336 g/mol. The molecule has 132 valence electrons. The smallest absolute Gasteiger partial charge is 0.317 e. The molecule has 1 aromatic carbocycles. The number of amides is 2. The highest BCUT2D eigenvalue weighted by Crippen LogP contribution is 2.19. The van der Waals surface area contributed by atoms with Crippen molar-refractivity contribution in [1.82, 2.24) is 10.2 Å². The molecule has 1 unspecified atom stereocenters. The van der Waals surface area contributed by atoms with Crippen molar-refractivity contribution < 1.29 is 24.2 Å². The first-order valence-corrected chi connectivity index (χ1v) is 8.12. The Morgan fingerprint density at radius 2 is 2.17 bits per heavy atom. The van der Waals surface area contributed by atoms with Gasteiger partial charge >= 0.3 is 12.0 Å². The third kappa shape index (κ3) is 5.33. The molecule has 1 saturated heterocycles. The largest absolute Gasteiger partial charge is 0.497 e. The van der Waals surface area contributed by atoms with Gasteiger partial charge in [-0.15, -0.1) is 0 Å². The molecule has 1 heterocycles. The van der Waals surface area contributed by atoms with E-state index in [1.165, 1.54) is 0 Å². The van der Waals surface area contributed by atoms with Crippen LogP contribution in [-0.2, 0) is 4.79 Å². The van der Waals surface area contributed by atoms with Gasteiger partial charge < -0.3 is 24.8 Å². The minimum Gasteiger partial charge on any atom is -0.497 e. The van der Waals surface area contributed by atoms with Crippen molar-refractivity contribution >= 4 is 12.0 Å². The lowest BCUT2D eigenvalue weighted by atomic mass is 9.99. The molecule has 1 aliphatic heterocycles. The fourth-order valence-corrected chi connectivity index (χ4v) is 2.62. The predicted molar refractivity (Wildman–Crippen MR) is 88.4 cm³/mol. The molecule has 0 radical (unpaired) electrons. The number of benzene rings is 1. The number of nitrogens with zero attached hydrogens (tertiary/aromatic N) is 1. The number of urea groups is 1. The van der Waals surface area contributed by atoms with Crippen LogP contribution in [0.25, 0.3) is 0 Å².